The van der Waals surface area contributed by atoms with E-state index in [1.165, 1.54) is 12.1 Å². The molecule has 1 N–H and O–H groups in total. The molecule has 92 valence electrons. The highest BCUT2D eigenvalue weighted by Crippen LogP contribution is 2.26. The monoisotopic (exact) mass is 256 g/mol. The topological polar surface area (TPSA) is 55.2 Å². The zero-order valence-corrected chi connectivity index (χ0v) is 10.0. The van der Waals surface area contributed by atoms with E-state index in [9.17, 15) is 14.5 Å². The van der Waals surface area contributed by atoms with Gasteiger partial charge in [0.15, 0.2) is 0 Å². The van der Waals surface area contributed by atoms with Crippen LogP contribution in [0.4, 0.5) is 15.8 Å². The average Bonchev–Trinajstić information content (AvgIpc) is 2.28. The van der Waals surface area contributed by atoms with Crippen molar-refractivity contribution in [3.63, 3.8) is 0 Å². The second-order valence-electron chi connectivity index (χ2n) is 3.18. The zero-order valence-electron chi connectivity index (χ0n) is 9.19. The second kappa shape index (κ2) is 6.90. The Labute approximate surface area is 103 Å². The molecule has 0 aliphatic rings. The Hall–Kier alpha value is -1.56. The third kappa shape index (κ3) is 4.07. The summed E-state index contributed by atoms with van der Waals surface area (Å²) in [4.78, 5) is 9.97. The third-order valence-corrected chi connectivity index (χ3v) is 2.93. The third-order valence-electron chi connectivity index (χ3n) is 1.97. The standard InChI is InChI=1S/C11H13FN2O2S/c1-2-7-17-8-6-13-10-5-3-4-9(12)11(10)14(15)16/h2-5,13H,1,6-8H2. The Kier molecular flexibility index (Phi) is 5.48. The van der Waals surface area contributed by atoms with Crippen molar-refractivity contribution in [2.75, 3.05) is 23.4 Å². The summed E-state index contributed by atoms with van der Waals surface area (Å²) in [6, 6.07) is 4.02. The number of para-hydroxylation sites is 1. The predicted molar refractivity (Wildman–Crippen MR) is 69.1 cm³/mol. The van der Waals surface area contributed by atoms with Crippen molar-refractivity contribution in [3.05, 3.63) is 46.8 Å². The van der Waals surface area contributed by atoms with Gasteiger partial charge in [-0.3, -0.25) is 10.1 Å². The van der Waals surface area contributed by atoms with Crippen LogP contribution in [-0.4, -0.2) is 23.0 Å². The maximum absolute atomic E-state index is 13.2. The minimum absolute atomic E-state index is 0.217. The summed E-state index contributed by atoms with van der Waals surface area (Å²) in [5.74, 6) is 0.783. The number of nitrogens with zero attached hydrogens (tertiary/aromatic N) is 1. The Balaban J connectivity index is 2.61. The minimum atomic E-state index is -0.821. The Bertz CT molecular complexity index is 412. The summed E-state index contributed by atoms with van der Waals surface area (Å²) in [5, 5.41) is 13.5. The molecule has 0 unspecified atom stereocenters. The first kappa shape index (κ1) is 13.5. The highest BCUT2D eigenvalue weighted by atomic mass is 32.2. The first-order valence-electron chi connectivity index (χ1n) is 5.02. The lowest BCUT2D eigenvalue weighted by atomic mass is 10.2. The molecule has 0 bridgehead atoms. The van der Waals surface area contributed by atoms with Gasteiger partial charge in [0.2, 0.25) is 5.82 Å². The molecule has 4 nitrogen and oxygen atoms in total. The molecule has 0 radical (unpaired) electrons. The number of thioether (sulfide) groups is 1. The van der Waals surface area contributed by atoms with Gasteiger partial charge < -0.3 is 5.32 Å². The lowest BCUT2D eigenvalue weighted by Crippen LogP contribution is -2.07. The number of anilines is 1. The van der Waals surface area contributed by atoms with Crippen LogP contribution in [0.15, 0.2) is 30.9 Å². The molecule has 1 aromatic rings. The van der Waals surface area contributed by atoms with E-state index in [2.05, 4.69) is 11.9 Å². The summed E-state index contributed by atoms with van der Waals surface area (Å²) in [7, 11) is 0. The van der Waals surface area contributed by atoms with Crippen LogP contribution in [0.3, 0.4) is 0 Å². The highest BCUT2D eigenvalue weighted by Gasteiger charge is 2.18. The smallest absolute Gasteiger partial charge is 0.327 e. The van der Waals surface area contributed by atoms with Gasteiger partial charge in [-0.25, -0.2) is 0 Å². The molecule has 0 saturated carbocycles. The number of nitro groups is 1. The Morgan fingerprint density at radius 3 is 3.00 bits per heavy atom. The molecule has 0 spiro atoms. The van der Waals surface area contributed by atoms with Crippen LogP contribution in [0.25, 0.3) is 0 Å². The fourth-order valence-electron chi connectivity index (χ4n) is 1.27. The molecule has 0 amide bonds. The van der Waals surface area contributed by atoms with Crippen LogP contribution in [0.1, 0.15) is 0 Å². The van der Waals surface area contributed by atoms with Crippen LogP contribution in [0, 0.1) is 15.9 Å². The van der Waals surface area contributed by atoms with Crippen LogP contribution in [0.2, 0.25) is 0 Å². The van der Waals surface area contributed by atoms with Crippen molar-refractivity contribution in [2.24, 2.45) is 0 Å². The second-order valence-corrected chi connectivity index (χ2v) is 4.33. The van der Waals surface area contributed by atoms with Gasteiger partial charge >= 0.3 is 5.69 Å². The molecule has 0 aliphatic heterocycles. The molecule has 0 aliphatic carbocycles. The Morgan fingerprint density at radius 1 is 1.59 bits per heavy atom. The van der Waals surface area contributed by atoms with Gasteiger partial charge in [-0.15, -0.1) is 6.58 Å². The van der Waals surface area contributed by atoms with Gasteiger partial charge in [0.05, 0.1) is 4.92 Å². The van der Waals surface area contributed by atoms with Crippen LogP contribution < -0.4 is 5.32 Å². The number of nitrogens with one attached hydrogen (secondary N) is 1. The molecule has 1 aromatic carbocycles. The van der Waals surface area contributed by atoms with E-state index in [1.54, 1.807) is 17.8 Å². The molecule has 17 heavy (non-hydrogen) atoms. The minimum Gasteiger partial charge on any atom is -0.379 e. The van der Waals surface area contributed by atoms with Crippen LogP contribution in [0.5, 0.6) is 0 Å². The maximum atomic E-state index is 13.2. The molecule has 0 heterocycles. The fourth-order valence-corrected chi connectivity index (χ4v) is 1.85. The summed E-state index contributed by atoms with van der Waals surface area (Å²) in [6.07, 6.45) is 1.79. The van der Waals surface area contributed by atoms with E-state index in [1.807, 2.05) is 0 Å². The maximum Gasteiger partial charge on any atom is 0.327 e. The molecule has 0 fully saturated rings. The normalized spacial score (nSPS) is 9.94. The number of halogens is 1. The summed E-state index contributed by atoms with van der Waals surface area (Å²) >= 11 is 1.65. The summed E-state index contributed by atoms with van der Waals surface area (Å²) in [6.45, 7) is 4.13. The van der Waals surface area contributed by atoms with Gasteiger partial charge in [-0.1, -0.05) is 12.1 Å². The van der Waals surface area contributed by atoms with Crippen molar-refractivity contribution < 1.29 is 9.31 Å². The van der Waals surface area contributed by atoms with E-state index in [4.69, 9.17) is 0 Å². The van der Waals surface area contributed by atoms with E-state index in [0.717, 1.165) is 17.6 Å². The first-order chi connectivity index (χ1) is 8.16. The predicted octanol–water partition coefficient (Wildman–Crippen LogP) is 3.07. The number of hydrogen-bond acceptors (Lipinski definition) is 4. The van der Waals surface area contributed by atoms with Crippen LogP contribution in [-0.2, 0) is 0 Å². The van der Waals surface area contributed by atoms with Crippen molar-refractivity contribution in [2.45, 2.75) is 0 Å². The van der Waals surface area contributed by atoms with Crippen molar-refractivity contribution in [3.8, 4) is 0 Å². The van der Waals surface area contributed by atoms with Gasteiger partial charge in [0, 0.05) is 18.1 Å². The lowest BCUT2D eigenvalue weighted by molar-refractivity contribution is -0.386. The number of hydrogen-bond donors (Lipinski definition) is 1. The van der Waals surface area contributed by atoms with Crippen molar-refractivity contribution in [1.82, 2.24) is 0 Å². The van der Waals surface area contributed by atoms with E-state index in [0.29, 0.717) is 6.54 Å². The van der Waals surface area contributed by atoms with Crippen molar-refractivity contribution >= 4 is 23.1 Å². The highest BCUT2D eigenvalue weighted by molar-refractivity contribution is 7.99. The van der Waals surface area contributed by atoms with E-state index < -0.39 is 16.4 Å². The first-order valence-corrected chi connectivity index (χ1v) is 6.17. The van der Waals surface area contributed by atoms with Crippen molar-refractivity contribution in [1.29, 1.82) is 0 Å². The van der Waals surface area contributed by atoms with Gasteiger partial charge in [0.25, 0.3) is 0 Å². The molecule has 0 saturated heterocycles. The Morgan fingerprint density at radius 2 is 2.35 bits per heavy atom. The summed E-state index contributed by atoms with van der Waals surface area (Å²) < 4.78 is 13.2. The van der Waals surface area contributed by atoms with Gasteiger partial charge in [0.1, 0.15) is 5.69 Å². The quantitative estimate of drug-likeness (QED) is 0.352. The van der Waals surface area contributed by atoms with E-state index in [-0.39, 0.29) is 5.69 Å². The zero-order chi connectivity index (χ0) is 12.7. The molecular formula is C11H13FN2O2S. The van der Waals surface area contributed by atoms with Gasteiger partial charge in [-0.05, 0) is 12.1 Å². The fraction of sp³-hybridized carbons (Fsp3) is 0.273. The lowest BCUT2D eigenvalue weighted by Gasteiger charge is -2.06. The molecule has 1 rings (SSSR count). The SMILES string of the molecule is C=CCSCCNc1cccc(F)c1[N+](=O)[O-]. The van der Waals surface area contributed by atoms with Crippen LogP contribution >= 0.6 is 11.8 Å². The number of benzene rings is 1. The average molecular weight is 256 g/mol. The summed E-state index contributed by atoms with van der Waals surface area (Å²) in [5.41, 5.74) is -0.282. The molecule has 6 heteroatoms. The number of rotatable bonds is 7. The largest absolute Gasteiger partial charge is 0.379 e. The molecule has 0 atom stereocenters. The molecule has 0 aromatic heterocycles. The number of nitro benzene ring substituents is 1. The van der Waals surface area contributed by atoms with Gasteiger partial charge in [-0.2, -0.15) is 16.2 Å². The van der Waals surface area contributed by atoms with E-state index >= 15 is 0 Å². The molecular weight excluding hydrogens is 243 g/mol.